The summed E-state index contributed by atoms with van der Waals surface area (Å²) in [6, 6.07) is 7.13. The van der Waals surface area contributed by atoms with Gasteiger partial charge in [0.05, 0.1) is 0 Å². The fraction of sp³-hybridized carbons (Fsp3) is 0.588. The van der Waals surface area contributed by atoms with Crippen molar-refractivity contribution in [1.82, 2.24) is 10.6 Å². The number of carbonyl (C=O) groups is 1. The smallest absolute Gasteiger partial charge is 0.223 e. The Kier molecular flexibility index (Phi) is 5.12. The molecule has 6 heteroatoms. The largest absolute Gasteiger partial charge is 0.353 e. The van der Waals surface area contributed by atoms with Crippen LogP contribution < -0.4 is 10.6 Å². The lowest BCUT2D eigenvalue weighted by atomic mass is 9.99. The molecule has 2 N–H and O–H groups in total. The number of fused-ring (bicyclic) bond motifs is 2. The summed E-state index contributed by atoms with van der Waals surface area (Å²) in [6.45, 7) is 0. The zero-order chi connectivity index (χ0) is 15.3. The van der Waals surface area contributed by atoms with Crippen LogP contribution in [0.15, 0.2) is 18.2 Å². The predicted octanol–water partition coefficient (Wildman–Crippen LogP) is 3.92. The van der Waals surface area contributed by atoms with Gasteiger partial charge in [-0.2, -0.15) is 0 Å². The van der Waals surface area contributed by atoms with Crippen LogP contribution >= 0.6 is 35.6 Å². The van der Waals surface area contributed by atoms with E-state index in [-0.39, 0.29) is 30.2 Å². The van der Waals surface area contributed by atoms with Crippen molar-refractivity contribution in [1.29, 1.82) is 0 Å². The third-order valence-electron chi connectivity index (χ3n) is 5.26. The van der Waals surface area contributed by atoms with Gasteiger partial charge in [0, 0.05) is 34.1 Å². The van der Waals surface area contributed by atoms with Crippen molar-refractivity contribution in [3.8, 4) is 0 Å². The highest BCUT2D eigenvalue weighted by atomic mass is 35.5. The Bertz CT molecular complexity index is 577. The molecule has 0 radical (unpaired) electrons. The Labute approximate surface area is 152 Å². The summed E-state index contributed by atoms with van der Waals surface area (Å²) in [5.41, 5.74) is 1.09. The van der Waals surface area contributed by atoms with Gasteiger partial charge in [-0.1, -0.05) is 23.2 Å². The summed E-state index contributed by atoms with van der Waals surface area (Å²) >= 11 is 12.1. The van der Waals surface area contributed by atoms with Gasteiger partial charge in [-0.3, -0.25) is 4.79 Å². The highest BCUT2D eigenvalue weighted by Gasteiger charge is 2.45. The molecular weight excluding hydrogens is 355 g/mol. The Morgan fingerprint density at radius 3 is 2.26 bits per heavy atom. The van der Waals surface area contributed by atoms with Crippen LogP contribution in [-0.2, 0) is 4.79 Å². The number of amides is 1. The average Bonchev–Trinajstić information content (AvgIpc) is 3.18. The Morgan fingerprint density at radius 1 is 1.04 bits per heavy atom. The Balaban J connectivity index is 0.00000156. The molecule has 2 saturated heterocycles. The maximum atomic E-state index is 12.5. The molecule has 3 fully saturated rings. The minimum absolute atomic E-state index is 0. The normalized spacial score (nSPS) is 34.6. The lowest BCUT2D eigenvalue weighted by Gasteiger charge is -2.29. The maximum absolute atomic E-state index is 12.5. The molecule has 1 aromatic rings. The number of piperidine rings is 1. The minimum atomic E-state index is 0. The first-order valence-corrected chi connectivity index (χ1v) is 8.86. The first-order chi connectivity index (χ1) is 10.6. The van der Waals surface area contributed by atoms with Gasteiger partial charge in [0.1, 0.15) is 0 Å². The van der Waals surface area contributed by atoms with E-state index in [9.17, 15) is 4.79 Å². The van der Waals surface area contributed by atoms with E-state index in [1.54, 1.807) is 6.07 Å². The lowest BCUT2D eigenvalue weighted by molar-refractivity contribution is -0.123. The van der Waals surface area contributed by atoms with Crippen LogP contribution in [0.2, 0.25) is 10.0 Å². The van der Waals surface area contributed by atoms with Gasteiger partial charge >= 0.3 is 0 Å². The van der Waals surface area contributed by atoms with E-state index in [0.717, 1.165) is 24.8 Å². The van der Waals surface area contributed by atoms with Crippen molar-refractivity contribution in [2.24, 2.45) is 5.92 Å². The lowest BCUT2D eigenvalue weighted by Crippen LogP contribution is -2.48. The molecule has 4 unspecified atom stereocenters. The van der Waals surface area contributed by atoms with Gasteiger partial charge in [-0.05, 0) is 61.8 Å². The van der Waals surface area contributed by atoms with E-state index in [4.69, 9.17) is 23.2 Å². The molecule has 1 aliphatic carbocycles. The van der Waals surface area contributed by atoms with Gasteiger partial charge in [0.15, 0.2) is 0 Å². The SMILES string of the molecule is Cl.O=C(NC1CC2CCC(C1)N2)C1CC1c1cc(Cl)cc(Cl)c1. The fourth-order valence-electron chi connectivity index (χ4n) is 4.13. The van der Waals surface area contributed by atoms with Crippen LogP contribution in [0, 0.1) is 5.92 Å². The van der Waals surface area contributed by atoms with Crippen LogP contribution in [0.3, 0.4) is 0 Å². The number of hydrogen-bond donors (Lipinski definition) is 2. The van der Waals surface area contributed by atoms with E-state index >= 15 is 0 Å². The van der Waals surface area contributed by atoms with E-state index in [1.807, 2.05) is 12.1 Å². The summed E-state index contributed by atoms with van der Waals surface area (Å²) in [5, 5.41) is 8.15. The monoisotopic (exact) mass is 374 g/mol. The third kappa shape index (κ3) is 3.79. The zero-order valence-electron chi connectivity index (χ0n) is 12.7. The molecule has 1 amide bonds. The minimum Gasteiger partial charge on any atom is -0.353 e. The Morgan fingerprint density at radius 2 is 1.65 bits per heavy atom. The number of benzene rings is 1. The molecular formula is C17H21Cl3N2O. The molecule has 1 aromatic carbocycles. The van der Waals surface area contributed by atoms with E-state index in [2.05, 4.69) is 10.6 Å². The Hall–Kier alpha value is -0.480. The number of nitrogens with one attached hydrogen (secondary N) is 2. The summed E-state index contributed by atoms with van der Waals surface area (Å²) in [5.74, 6) is 0.559. The molecule has 3 nitrogen and oxygen atoms in total. The summed E-state index contributed by atoms with van der Waals surface area (Å²) in [7, 11) is 0. The number of carbonyl (C=O) groups excluding carboxylic acids is 1. The van der Waals surface area contributed by atoms with Gasteiger partial charge in [-0.25, -0.2) is 0 Å². The molecule has 0 spiro atoms. The molecule has 4 atom stereocenters. The summed E-state index contributed by atoms with van der Waals surface area (Å²) < 4.78 is 0. The summed E-state index contributed by atoms with van der Waals surface area (Å²) in [4.78, 5) is 12.5. The zero-order valence-corrected chi connectivity index (χ0v) is 15.1. The van der Waals surface area contributed by atoms with Crippen molar-refractivity contribution in [3.05, 3.63) is 33.8 Å². The average molecular weight is 376 g/mol. The van der Waals surface area contributed by atoms with Gasteiger partial charge in [0.2, 0.25) is 5.91 Å². The molecule has 2 bridgehead atoms. The molecule has 3 aliphatic rings. The van der Waals surface area contributed by atoms with Crippen molar-refractivity contribution in [3.63, 3.8) is 0 Å². The topological polar surface area (TPSA) is 41.1 Å². The van der Waals surface area contributed by atoms with Crippen LogP contribution in [0.25, 0.3) is 0 Å². The molecule has 2 aliphatic heterocycles. The molecule has 2 heterocycles. The van der Waals surface area contributed by atoms with Crippen molar-refractivity contribution in [2.45, 2.75) is 56.1 Å². The molecule has 126 valence electrons. The van der Waals surface area contributed by atoms with Crippen molar-refractivity contribution >= 4 is 41.5 Å². The highest BCUT2D eigenvalue weighted by Crippen LogP contribution is 2.48. The number of halogens is 3. The van der Waals surface area contributed by atoms with Gasteiger partial charge in [-0.15, -0.1) is 12.4 Å². The van der Waals surface area contributed by atoms with Crippen LogP contribution in [0.4, 0.5) is 0 Å². The second kappa shape index (κ2) is 6.79. The van der Waals surface area contributed by atoms with Gasteiger partial charge < -0.3 is 10.6 Å². The first-order valence-electron chi connectivity index (χ1n) is 8.11. The van der Waals surface area contributed by atoms with Crippen LogP contribution in [0.5, 0.6) is 0 Å². The quantitative estimate of drug-likeness (QED) is 0.841. The maximum Gasteiger partial charge on any atom is 0.223 e. The molecule has 4 rings (SSSR count). The number of hydrogen-bond acceptors (Lipinski definition) is 2. The van der Waals surface area contributed by atoms with E-state index < -0.39 is 0 Å². The standard InChI is InChI=1S/C17H20Cl2N2O.ClH/c18-10-3-9(4-11(19)5-10)15-8-16(15)17(22)21-14-6-12-1-2-13(7-14)20-12;/h3-5,12-16,20H,1-2,6-8H2,(H,21,22);1H. The summed E-state index contributed by atoms with van der Waals surface area (Å²) in [6.07, 6.45) is 5.56. The third-order valence-corrected chi connectivity index (χ3v) is 5.70. The van der Waals surface area contributed by atoms with Crippen molar-refractivity contribution < 1.29 is 4.79 Å². The number of rotatable bonds is 3. The second-order valence-corrected chi connectivity index (χ2v) is 7.84. The molecule has 23 heavy (non-hydrogen) atoms. The van der Waals surface area contributed by atoms with Gasteiger partial charge in [0.25, 0.3) is 0 Å². The second-order valence-electron chi connectivity index (χ2n) is 6.97. The molecule has 1 saturated carbocycles. The predicted molar refractivity (Wildman–Crippen MR) is 95.7 cm³/mol. The van der Waals surface area contributed by atoms with Crippen LogP contribution in [0.1, 0.15) is 43.6 Å². The van der Waals surface area contributed by atoms with E-state index in [1.165, 1.54) is 12.8 Å². The highest BCUT2D eigenvalue weighted by molar-refractivity contribution is 6.34. The van der Waals surface area contributed by atoms with E-state index in [0.29, 0.717) is 28.2 Å². The fourth-order valence-corrected chi connectivity index (χ4v) is 4.67. The molecule has 0 aromatic heterocycles. The van der Waals surface area contributed by atoms with Crippen LogP contribution in [-0.4, -0.2) is 24.0 Å². The first kappa shape index (κ1) is 17.3. The van der Waals surface area contributed by atoms with Crippen molar-refractivity contribution in [2.75, 3.05) is 0 Å².